The molecule has 0 saturated carbocycles. The average molecular weight is 249 g/mol. The summed E-state index contributed by atoms with van der Waals surface area (Å²) < 4.78 is 11.2. The number of aromatic nitrogens is 2. The molecule has 1 amide bonds. The summed E-state index contributed by atoms with van der Waals surface area (Å²) in [6.07, 6.45) is 4.77. The number of nitrogens with one attached hydrogen (secondary N) is 2. The lowest BCUT2D eigenvalue weighted by Gasteiger charge is -2.02. The Hall–Kier alpha value is -1.95. The van der Waals surface area contributed by atoms with Crippen LogP contribution in [0.5, 0.6) is 0 Å². The second-order valence-electron chi connectivity index (χ2n) is 3.37. The molecule has 2 rings (SSSR count). The minimum atomic E-state index is -1.03. The zero-order valence-corrected chi connectivity index (χ0v) is 9.95. The molecule has 1 heterocycles. The third-order valence-electron chi connectivity index (χ3n) is 2.18. The van der Waals surface area contributed by atoms with Gasteiger partial charge in [0.1, 0.15) is 0 Å². The molecule has 1 aromatic heterocycles. The lowest BCUT2D eigenvalue weighted by Crippen LogP contribution is -2.12. The number of amides is 1. The van der Waals surface area contributed by atoms with Crippen molar-refractivity contribution in [2.75, 3.05) is 11.6 Å². The largest absolute Gasteiger partial charge is 0.331 e. The molecule has 17 heavy (non-hydrogen) atoms. The summed E-state index contributed by atoms with van der Waals surface area (Å²) in [4.78, 5) is 19.1. The van der Waals surface area contributed by atoms with Crippen LogP contribution in [0.25, 0.3) is 0 Å². The minimum absolute atomic E-state index is 0.256. The molecule has 0 bridgehead atoms. The second-order valence-corrected chi connectivity index (χ2v) is 4.75. The van der Waals surface area contributed by atoms with Gasteiger partial charge in [-0.25, -0.2) is 4.98 Å². The fourth-order valence-electron chi connectivity index (χ4n) is 1.31. The van der Waals surface area contributed by atoms with Gasteiger partial charge in [0.15, 0.2) is 0 Å². The van der Waals surface area contributed by atoms with Gasteiger partial charge in [0.2, 0.25) is 5.95 Å². The van der Waals surface area contributed by atoms with E-state index in [0.29, 0.717) is 16.4 Å². The Kier molecular flexibility index (Phi) is 3.34. The van der Waals surface area contributed by atoms with Crippen molar-refractivity contribution in [2.45, 2.75) is 4.90 Å². The molecule has 2 N–H and O–H groups in total. The van der Waals surface area contributed by atoms with Gasteiger partial charge in [-0.1, -0.05) is 0 Å². The number of aromatic amines is 1. The number of anilines is 1. The zero-order chi connectivity index (χ0) is 12.3. The minimum Gasteiger partial charge on any atom is -0.331 e. The Morgan fingerprint density at radius 2 is 2.06 bits per heavy atom. The van der Waals surface area contributed by atoms with E-state index in [1.54, 1.807) is 42.9 Å². The molecule has 1 aromatic carbocycles. The number of carbonyl (C=O) groups is 1. The van der Waals surface area contributed by atoms with Crippen LogP contribution in [0.2, 0.25) is 0 Å². The molecule has 5 nitrogen and oxygen atoms in total. The molecule has 0 aliphatic rings. The van der Waals surface area contributed by atoms with E-state index in [0.717, 1.165) is 0 Å². The van der Waals surface area contributed by atoms with Crippen LogP contribution in [0.3, 0.4) is 0 Å². The summed E-state index contributed by atoms with van der Waals surface area (Å²) in [6, 6.07) is 6.62. The Bertz CT molecular complexity index is 534. The molecule has 0 aliphatic carbocycles. The molecule has 6 heteroatoms. The van der Waals surface area contributed by atoms with Gasteiger partial charge in [0.25, 0.3) is 5.91 Å². The first-order valence-electron chi connectivity index (χ1n) is 4.91. The SMILES string of the molecule is CS(=O)c1ccc(C(=O)Nc2ncc[nH]2)cc1. The molecular weight excluding hydrogens is 238 g/mol. The molecule has 0 radical (unpaired) electrons. The first-order chi connectivity index (χ1) is 8.16. The van der Waals surface area contributed by atoms with Crippen LogP contribution in [-0.4, -0.2) is 26.3 Å². The maximum atomic E-state index is 11.7. The van der Waals surface area contributed by atoms with E-state index >= 15 is 0 Å². The number of hydrogen-bond donors (Lipinski definition) is 2. The Morgan fingerprint density at radius 1 is 1.35 bits per heavy atom. The van der Waals surface area contributed by atoms with Gasteiger partial charge < -0.3 is 4.98 Å². The van der Waals surface area contributed by atoms with Crippen molar-refractivity contribution in [2.24, 2.45) is 0 Å². The van der Waals surface area contributed by atoms with E-state index in [4.69, 9.17) is 0 Å². The Morgan fingerprint density at radius 3 is 2.59 bits per heavy atom. The molecular formula is C11H11N3O2S. The fourth-order valence-corrected chi connectivity index (χ4v) is 1.83. The highest BCUT2D eigenvalue weighted by Gasteiger charge is 2.07. The third kappa shape index (κ3) is 2.79. The van der Waals surface area contributed by atoms with Crippen molar-refractivity contribution in [1.82, 2.24) is 9.97 Å². The highest BCUT2D eigenvalue weighted by Crippen LogP contribution is 2.09. The van der Waals surface area contributed by atoms with Crippen molar-refractivity contribution < 1.29 is 9.00 Å². The Labute approximate surface area is 101 Å². The molecule has 0 saturated heterocycles. The van der Waals surface area contributed by atoms with Crippen LogP contribution in [-0.2, 0) is 10.8 Å². The van der Waals surface area contributed by atoms with E-state index < -0.39 is 10.8 Å². The summed E-state index contributed by atoms with van der Waals surface area (Å²) >= 11 is 0. The van der Waals surface area contributed by atoms with E-state index in [1.807, 2.05) is 0 Å². The lowest BCUT2D eigenvalue weighted by molar-refractivity contribution is 0.102. The van der Waals surface area contributed by atoms with E-state index in [-0.39, 0.29) is 5.91 Å². The first kappa shape index (κ1) is 11.5. The van der Waals surface area contributed by atoms with Crippen LogP contribution in [0, 0.1) is 0 Å². The number of nitrogens with zero attached hydrogens (tertiary/aromatic N) is 1. The van der Waals surface area contributed by atoms with Crippen LogP contribution in [0.15, 0.2) is 41.6 Å². The van der Waals surface area contributed by atoms with Crippen LogP contribution in [0.4, 0.5) is 5.95 Å². The predicted octanol–water partition coefficient (Wildman–Crippen LogP) is 1.40. The molecule has 1 unspecified atom stereocenters. The van der Waals surface area contributed by atoms with Crippen LogP contribution >= 0.6 is 0 Å². The molecule has 2 aromatic rings. The number of hydrogen-bond acceptors (Lipinski definition) is 3. The summed E-state index contributed by atoms with van der Waals surface area (Å²) in [7, 11) is -1.03. The predicted molar refractivity (Wildman–Crippen MR) is 65.3 cm³/mol. The summed E-state index contributed by atoms with van der Waals surface area (Å²) in [6.45, 7) is 0. The van der Waals surface area contributed by atoms with Crippen molar-refractivity contribution in [1.29, 1.82) is 0 Å². The van der Waals surface area contributed by atoms with Gasteiger partial charge in [-0.15, -0.1) is 0 Å². The quantitative estimate of drug-likeness (QED) is 0.863. The van der Waals surface area contributed by atoms with E-state index in [1.165, 1.54) is 0 Å². The van der Waals surface area contributed by atoms with Gasteiger partial charge in [0.05, 0.1) is 0 Å². The highest BCUT2D eigenvalue weighted by molar-refractivity contribution is 7.84. The normalized spacial score (nSPS) is 12.1. The molecule has 88 valence electrons. The van der Waals surface area contributed by atoms with Gasteiger partial charge in [-0.3, -0.25) is 14.3 Å². The summed E-state index contributed by atoms with van der Waals surface area (Å²) in [5, 5.41) is 2.61. The van der Waals surface area contributed by atoms with Gasteiger partial charge in [-0.2, -0.15) is 0 Å². The van der Waals surface area contributed by atoms with Crippen LogP contribution < -0.4 is 5.32 Å². The molecule has 0 spiro atoms. The third-order valence-corrected chi connectivity index (χ3v) is 3.11. The van der Waals surface area contributed by atoms with Gasteiger partial charge in [0, 0.05) is 39.9 Å². The highest BCUT2D eigenvalue weighted by atomic mass is 32.2. The second kappa shape index (κ2) is 4.92. The lowest BCUT2D eigenvalue weighted by atomic mass is 10.2. The number of rotatable bonds is 3. The first-order valence-corrected chi connectivity index (χ1v) is 6.47. The number of H-pyrrole nitrogens is 1. The smallest absolute Gasteiger partial charge is 0.257 e. The molecule has 1 atom stereocenters. The zero-order valence-electron chi connectivity index (χ0n) is 9.14. The van der Waals surface area contributed by atoms with Gasteiger partial charge in [-0.05, 0) is 24.3 Å². The summed E-state index contributed by atoms with van der Waals surface area (Å²) in [5.74, 6) is 0.145. The Balaban J connectivity index is 2.12. The van der Waals surface area contributed by atoms with E-state index in [2.05, 4.69) is 15.3 Å². The van der Waals surface area contributed by atoms with Crippen molar-refractivity contribution in [3.05, 3.63) is 42.2 Å². The monoisotopic (exact) mass is 249 g/mol. The topological polar surface area (TPSA) is 74.8 Å². The van der Waals surface area contributed by atoms with Crippen molar-refractivity contribution in [3.8, 4) is 0 Å². The standard InChI is InChI=1S/C11H11N3O2S/c1-17(16)9-4-2-8(3-5-9)10(15)14-11-12-6-7-13-11/h2-7H,1H3,(H2,12,13,14,15). The fraction of sp³-hybridized carbons (Fsp3) is 0.0909. The number of imidazole rings is 1. The van der Waals surface area contributed by atoms with Crippen LogP contribution in [0.1, 0.15) is 10.4 Å². The van der Waals surface area contributed by atoms with Crippen molar-refractivity contribution >= 4 is 22.7 Å². The maximum absolute atomic E-state index is 11.7. The van der Waals surface area contributed by atoms with E-state index in [9.17, 15) is 9.00 Å². The maximum Gasteiger partial charge on any atom is 0.257 e. The number of carbonyl (C=O) groups excluding carboxylic acids is 1. The van der Waals surface area contributed by atoms with Crippen molar-refractivity contribution in [3.63, 3.8) is 0 Å². The molecule has 0 fully saturated rings. The summed E-state index contributed by atoms with van der Waals surface area (Å²) in [5.41, 5.74) is 0.496. The average Bonchev–Trinajstić information content (AvgIpc) is 2.82. The molecule has 0 aliphatic heterocycles. The van der Waals surface area contributed by atoms with Gasteiger partial charge >= 0.3 is 0 Å². The number of benzene rings is 1.